The molecule has 1 spiro atoms. The normalized spacial score (nSPS) is 23.4. The monoisotopic (exact) mass is 320 g/mol. The fraction of sp³-hybridized carbons (Fsp3) is 0.611. The molecule has 2 aliphatic heterocycles. The van der Waals surface area contributed by atoms with E-state index in [9.17, 15) is 9.18 Å². The zero-order chi connectivity index (χ0) is 16.3. The molecule has 2 fully saturated rings. The second-order valence-corrected chi connectivity index (χ2v) is 6.88. The predicted octanol–water partition coefficient (Wildman–Crippen LogP) is 1.99. The molecule has 0 unspecified atom stereocenters. The van der Waals surface area contributed by atoms with Crippen LogP contribution in [0.4, 0.5) is 4.39 Å². The van der Waals surface area contributed by atoms with Crippen LogP contribution in [0.1, 0.15) is 24.8 Å². The highest BCUT2D eigenvalue weighted by Gasteiger charge is 2.42. The molecule has 0 saturated carbocycles. The lowest BCUT2D eigenvalue weighted by molar-refractivity contribution is -0.132. The van der Waals surface area contributed by atoms with E-state index in [4.69, 9.17) is 4.74 Å². The average Bonchev–Trinajstić information content (AvgIpc) is 2.93. The summed E-state index contributed by atoms with van der Waals surface area (Å²) in [6, 6.07) is 6.68. The molecule has 1 atom stereocenters. The quantitative estimate of drug-likeness (QED) is 0.922. The Hall–Kier alpha value is -1.46. The van der Waals surface area contributed by atoms with Crippen molar-refractivity contribution in [3.8, 4) is 0 Å². The average molecular weight is 320 g/mol. The highest BCUT2D eigenvalue weighted by atomic mass is 19.1. The first kappa shape index (κ1) is 16.4. The topological polar surface area (TPSA) is 41.6 Å². The van der Waals surface area contributed by atoms with E-state index in [-0.39, 0.29) is 23.2 Å². The van der Waals surface area contributed by atoms with E-state index in [0.717, 1.165) is 50.9 Å². The Morgan fingerprint density at radius 3 is 2.70 bits per heavy atom. The molecule has 0 aromatic heterocycles. The second-order valence-electron chi connectivity index (χ2n) is 6.88. The number of halogens is 1. The fourth-order valence-corrected chi connectivity index (χ4v) is 3.75. The summed E-state index contributed by atoms with van der Waals surface area (Å²) in [4.78, 5) is 13.9. The van der Waals surface area contributed by atoms with Gasteiger partial charge >= 0.3 is 0 Å². The summed E-state index contributed by atoms with van der Waals surface area (Å²) in [5.74, 6) is -0.0136. The van der Waals surface area contributed by atoms with Crippen LogP contribution in [-0.2, 0) is 16.0 Å². The number of nitrogens with one attached hydrogen (secondary N) is 1. The Morgan fingerprint density at radius 2 is 2.04 bits per heavy atom. The molecule has 2 saturated heterocycles. The summed E-state index contributed by atoms with van der Waals surface area (Å²) < 4.78 is 19.0. The minimum absolute atomic E-state index is 0.184. The van der Waals surface area contributed by atoms with Gasteiger partial charge in [-0.2, -0.15) is 0 Å². The van der Waals surface area contributed by atoms with Crippen molar-refractivity contribution < 1.29 is 13.9 Å². The van der Waals surface area contributed by atoms with Crippen LogP contribution in [0, 0.1) is 11.2 Å². The maximum atomic E-state index is 13.0. The number of likely N-dealkylation sites (tertiary alicyclic amines) is 1. The van der Waals surface area contributed by atoms with Gasteiger partial charge < -0.3 is 15.0 Å². The molecular formula is C18H25FN2O2. The first-order valence-electron chi connectivity index (χ1n) is 8.39. The van der Waals surface area contributed by atoms with Gasteiger partial charge in [-0.15, -0.1) is 0 Å². The van der Waals surface area contributed by atoms with Gasteiger partial charge in [0, 0.05) is 13.1 Å². The number of ether oxygens (including phenoxy) is 1. The molecule has 1 amide bonds. The summed E-state index contributed by atoms with van der Waals surface area (Å²) in [6.07, 6.45) is 4.12. The number of hydrogen-bond donors (Lipinski definition) is 1. The van der Waals surface area contributed by atoms with Crippen molar-refractivity contribution in [2.75, 3.05) is 33.3 Å². The minimum Gasteiger partial charge on any atom is -0.377 e. The number of rotatable bonds is 4. The van der Waals surface area contributed by atoms with Crippen molar-refractivity contribution in [1.29, 1.82) is 0 Å². The first-order chi connectivity index (χ1) is 11.1. The molecule has 126 valence electrons. The molecule has 0 radical (unpaired) electrons. The van der Waals surface area contributed by atoms with Gasteiger partial charge in [-0.25, -0.2) is 4.39 Å². The predicted molar refractivity (Wildman–Crippen MR) is 86.6 cm³/mol. The zero-order valence-corrected chi connectivity index (χ0v) is 13.7. The number of amides is 1. The van der Waals surface area contributed by atoms with Gasteiger partial charge in [0.05, 0.1) is 19.3 Å². The van der Waals surface area contributed by atoms with E-state index in [0.29, 0.717) is 6.54 Å². The van der Waals surface area contributed by atoms with Gasteiger partial charge in [0.1, 0.15) is 5.82 Å². The number of benzene rings is 1. The Morgan fingerprint density at radius 1 is 1.35 bits per heavy atom. The smallest absolute Gasteiger partial charge is 0.236 e. The molecule has 5 heteroatoms. The van der Waals surface area contributed by atoms with E-state index in [1.807, 2.05) is 17.0 Å². The molecule has 1 N–H and O–H groups in total. The summed E-state index contributed by atoms with van der Waals surface area (Å²) in [5, 5.41) is 2.92. The van der Waals surface area contributed by atoms with Gasteiger partial charge in [-0.1, -0.05) is 12.1 Å². The number of piperidine rings is 1. The van der Waals surface area contributed by atoms with Crippen LogP contribution in [-0.4, -0.2) is 50.2 Å². The van der Waals surface area contributed by atoms with Crippen molar-refractivity contribution >= 4 is 5.91 Å². The van der Waals surface area contributed by atoms with E-state index >= 15 is 0 Å². The molecule has 0 bridgehead atoms. The van der Waals surface area contributed by atoms with E-state index in [2.05, 4.69) is 5.32 Å². The molecule has 1 aromatic carbocycles. The SMILES string of the molecule is CNCC(=O)N1CCC2(CC1)CO[C@@H](Cc1ccc(F)cc1)C2. The van der Waals surface area contributed by atoms with E-state index < -0.39 is 0 Å². The van der Waals surface area contributed by atoms with Crippen molar-refractivity contribution in [2.45, 2.75) is 31.8 Å². The maximum absolute atomic E-state index is 13.0. The lowest BCUT2D eigenvalue weighted by Crippen LogP contribution is -2.46. The van der Waals surface area contributed by atoms with Gasteiger partial charge in [0.2, 0.25) is 5.91 Å². The largest absolute Gasteiger partial charge is 0.377 e. The van der Waals surface area contributed by atoms with Crippen molar-refractivity contribution in [2.24, 2.45) is 5.41 Å². The zero-order valence-electron chi connectivity index (χ0n) is 13.7. The third-order valence-electron chi connectivity index (χ3n) is 5.17. The third-order valence-corrected chi connectivity index (χ3v) is 5.17. The van der Waals surface area contributed by atoms with E-state index in [1.165, 1.54) is 12.1 Å². The number of hydrogen-bond acceptors (Lipinski definition) is 3. The second kappa shape index (κ2) is 6.97. The van der Waals surface area contributed by atoms with Crippen molar-refractivity contribution in [3.05, 3.63) is 35.6 Å². The van der Waals surface area contributed by atoms with E-state index in [1.54, 1.807) is 7.05 Å². The lowest BCUT2D eigenvalue weighted by atomic mass is 9.76. The van der Waals surface area contributed by atoms with Crippen LogP contribution in [0.15, 0.2) is 24.3 Å². The van der Waals surface area contributed by atoms with Crippen LogP contribution in [0.5, 0.6) is 0 Å². The van der Waals surface area contributed by atoms with Crippen LogP contribution in [0.25, 0.3) is 0 Å². The molecule has 1 aromatic rings. The lowest BCUT2D eigenvalue weighted by Gasteiger charge is -2.38. The van der Waals surface area contributed by atoms with Gasteiger partial charge in [-0.3, -0.25) is 4.79 Å². The Labute approximate surface area is 137 Å². The number of likely N-dealkylation sites (N-methyl/N-ethyl adjacent to an activating group) is 1. The summed E-state index contributed by atoms with van der Waals surface area (Å²) >= 11 is 0. The molecule has 0 aliphatic carbocycles. The molecule has 2 aliphatic rings. The number of nitrogens with zero attached hydrogens (tertiary/aromatic N) is 1. The Balaban J connectivity index is 1.51. The standard InChI is InChI=1S/C18H25FN2O2/c1-20-12-17(22)21-8-6-18(7-9-21)11-16(23-13-18)10-14-2-4-15(19)5-3-14/h2-5,16,20H,6-13H2,1H3/t16-/m0/s1. The van der Waals surface area contributed by atoms with Crippen LogP contribution >= 0.6 is 0 Å². The minimum atomic E-state index is -0.198. The Bertz CT molecular complexity index is 538. The molecule has 4 nitrogen and oxygen atoms in total. The molecule has 3 rings (SSSR count). The van der Waals surface area contributed by atoms with Crippen LogP contribution in [0.3, 0.4) is 0 Å². The Kier molecular flexibility index (Phi) is 4.97. The first-order valence-corrected chi connectivity index (χ1v) is 8.39. The highest BCUT2D eigenvalue weighted by molar-refractivity contribution is 5.78. The molecular weight excluding hydrogens is 295 g/mol. The van der Waals surface area contributed by atoms with Crippen molar-refractivity contribution in [3.63, 3.8) is 0 Å². The van der Waals surface area contributed by atoms with Crippen LogP contribution in [0.2, 0.25) is 0 Å². The third kappa shape index (κ3) is 3.90. The molecule has 2 heterocycles. The highest BCUT2D eigenvalue weighted by Crippen LogP contribution is 2.42. The van der Waals surface area contributed by atoms with Gasteiger partial charge in [-0.05, 0) is 55.8 Å². The maximum Gasteiger partial charge on any atom is 0.236 e. The summed E-state index contributed by atoms with van der Waals surface area (Å²) in [5.41, 5.74) is 1.34. The number of carbonyl (C=O) groups is 1. The van der Waals surface area contributed by atoms with Crippen LogP contribution < -0.4 is 5.32 Å². The van der Waals surface area contributed by atoms with Crippen molar-refractivity contribution in [1.82, 2.24) is 10.2 Å². The number of carbonyl (C=O) groups excluding carboxylic acids is 1. The summed E-state index contributed by atoms with van der Waals surface area (Å²) in [7, 11) is 1.80. The summed E-state index contributed by atoms with van der Waals surface area (Å²) in [6.45, 7) is 2.85. The van der Waals surface area contributed by atoms with Gasteiger partial charge in [0.25, 0.3) is 0 Å². The fourth-order valence-electron chi connectivity index (χ4n) is 3.75. The van der Waals surface area contributed by atoms with Gasteiger partial charge in [0.15, 0.2) is 0 Å². The molecule has 23 heavy (non-hydrogen) atoms.